The molecule has 2 rings (SSSR count). The van der Waals surface area contributed by atoms with Crippen molar-refractivity contribution in [3.05, 3.63) is 16.1 Å². The number of amides is 1. The van der Waals surface area contributed by atoms with Crippen molar-refractivity contribution in [1.82, 2.24) is 15.2 Å². The summed E-state index contributed by atoms with van der Waals surface area (Å²) in [5, 5.41) is 5.91. The summed E-state index contributed by atoms with van der Waals surface area (Å²) in [6, 6.07) is -0.485. The van der Waals surface area contributed by atoms with Crippen LogP contribution in [0.15, 0.2) is 5.38 Å². The lowest BCUT2D eigenvalue weighted by Gasteiger charge is -2.33. The van der Waals surface area contributed by atoms with Gasteiger partial charge in [-0.2, -0.15) is 0 Å². The van der Waals surface area contributed by atoms with Gasteiger partial charge in [0.15, 0.2) is 0 Å². The lowest BCUT2D eigenvalue weighted by Crippen LogP contribution is -2.55. The summed E-state index contributed by atoms with van der Waals surface area (Å²) in [7, 11) is 1.34. The van der Waals surface area contributed by atoms with Crippen molar-refractivity contribution >= 4 is 23.2 Å². The standard InChI is InChI=1S/C15H23N3O3S/c1-15(2,3)14-17-10(9-22-14)8-18-6-5-16-13(20)11(18)7-12(19)21-4/h9,11H,5-8H2,1-4H3,(H,16,20)/t11-/m0/s1. The number of methoxy groups -OCH3 is 1. The van der Waals surface area contributed by atoms with Gasteiger partial charge in [0, 0.05) is 30.4 Å². The van der Waals surface area contributed by atoms with Crippen molar-refractivity contribution in [3.63, 3.8) is 0 Å². The molecule has 0 saturated carbocycles. The van der Waals surface area contributed by atoms with Gasteiger partial charge in [0.05, 0.1) is 24.2 Å². The topological polar surface area (TPSA) is 71.5 Å². The van der Waals surface area contributed by atoms with Crippen LogP contribution in [0.5, 0.6) is 0 Å². The Morgan fingerprint density at radius 3 is 2.86 bits per heavy atom. The molecule has 1 aromatic heterocycles. The third kappa shape index (κ3) is 4.04. The van der Waals surface area contributed by atoms with E-state index in [0.717, 1.165) is 10.7 Å². The highest BCUT2D eigenvalue weighted by molar-refractivity contribution is 7.09. The molecule has 122 valence electrons. The average Bonchev–Trinajstić information content (AvgIpc) is 2.91. The first kappa shape index (κ1) is 16.9. The van der Waals surface area contributed by atoms with Gasteiger partial charge in [-0.25, -0.2) is 4.98 Å². The second-order valence-corrected chi connectivity index (χ2v) is 7.31. The third-order valence-electron chi connectivity index (χ3n) is 3.59. The van der Waals surface area contributed by atoms with Crippen LogP contribution >= 0.6 is 11.3 Å². The van der Waals surface area contributed by atoms with Gasteiger partial charge in [0.1, 0.15) is 6.04 Å². The Hall–Kier alpha value is -1.47. The zero-order valence-electron chi connectivity index (χ0n) is 13.5. The van der Waals surface area contributed by atoms with Gasteiger partial charge in [-0.3, -0.25) is 14.5 Å². The molecule has 0 spiro atoms. The van der Waals surface area contributed by atoms with Gasteiger partial charge in [-0.15, -0.1) is 11.3 Å². The second kappa shape index (κ2) is 6.75. The molecule has 0 aromatic carbocycles. The highest BCUT2D eigenvalue weighted by atomic mass is 32.1. The van der Waals surface area contributed by atoms with Crippen LogP contribution in [0, 0.1) is 0 Å². The van der Waals surface area contributed by atoms with Gasteiger partial charge >= 0.3 is 5.97 Å². The number of nitrogens with zero attached hydrogens (tertiary/aromatic N) is 2. The zero-order chi connectivity index (χ0) is 16.3. The Balaban J connectivity index is 2.09. The van der Waals surface area contributed by atoms with E-state index in [1.807, 2.05) is 10.3 Å². The smallest absolute Gasteiger partial charge is 0.307 e. The molecular formula is C15H23N3O3S. The zero-order valence-corrected chi connectivity index (χ0v) is 14.3. The van der Waals surface area contributed by atoms with Gasteiger partial charge in [0.2, 0.25) is 5.91 Å². The van der Waals surface area contributed by atoms with Crippen molar-refractivity contribution in [2.24, 2.45) is 0 Å². The molecule has 2 heterocycles. The predicted octanol–water partition coefficient (Wildman–Crippen LogP) is 1.30. The number of hydrogen-bond donors (Lipinski definition) is 1. The highest BCUT2D eigenvalue weighted by Crippen LogP contribution is 2.26. The summed E-state index contributed by atoms with van der Waals surface area (Å²) in [6.45, 7) is 8.25. The number of rotatable bonds is 4. The normalized spacial score (nSPS) is 19.8. The molecule has 1 aliphatic heterocycles. The maximum atomic E-state index is 12.0. The number of esters is 1. The first-order valence-electron chi connectivity index (χ1n) is 7.34. The summed E-state index contributed by atoms with van der Waals surface area (Å²) in [6.07, 6.45) is 0.0681. The molecule has 1 atom stereocenters. The molecule has 1 saturated heterocycles. The number of piperazine rings is 1. The third-order valence-corrected chi connectivity index (χ3v) is 4.90. The summed E-state index contributed by atoms with van der Waals surface area (Å²) >= 11 is 1.64. The molecule has 1 N–H and O–H groups in total. The van der Waals surface area contributed by atoms with Crippen molar-refractivity contribution in [3.8, 4) is 0 Å². The number of thiazole rings is 1. The fraction of sp³-hybridized carbons (Fsp3) is 0.667. The minimum absolute atomic E-state index is 0.0214. The van der Waals surface area contributed by atoms with Crippen molar-refractivity contribution in [2.45, 2.75) is 45.2 Å². The fourth-order valence-electron chi connectivity index (χ4n) is 2.35. The predicted molar refractivity (Wildman–Crippen MR) is 84.7 cm³/mol. The van der Waals surface area contributed by atoms with E-state index in [1.165, 1.54) is 7.11 Å². The Kier molecular flexibility index (Phi) is 5.18. The van der Waals surface area contributed by atoms with E-state index in [4.69, 9.17) is 0 Å². The van der Waals surface area contributed by atoms with Crippen molar-refractivity contribution < 1.29 is 14.3 Å². The van der Waals surface area contributed by atoms with Crippen LogP contribution in [-0.4, -0.2) is 48.0 Å². The lowest BCUT2D eigenvalue weighted by atomic mass is 9.98. The highest BCUT2D eigenvalue weighted by Gasteiger charge is 2.32. The Bertz CT molecular complexity index is 550. The van der Waals surface area contributed by atoms with E-state index >= 15 is 0 Å². The minimum Gasteiger partial charge on any atom is -0.469 e. The van der Waals surface area contributed by atoms with E-state index < -0.39 is 6.04 Å². The fourth-order valence-corrected chi connectivity index (χ4v) is 3.25. The first-order chi connectivity index (χ1) is 10.3. The molecule has 6 nitrogen and oxygen atoms in total. The maximum Gasteiger partial charge on any atom is 0.307 e. The number of hydrogen-bond acceptors (Lipinski definition) is 6. The van der Waals surface area contributed by atoms with Crippen LogP contribution in [0.2, 0.25) is 0 Å². The molecule has 0 unspecified atom stereocenters. The average molecular weight is 325 g/mol. The molecule has 22 heavy (non-hydrogen) atoms. The van der Waals surface area contributed by atoms with E-state index in [-0.39, 0.29) is 23.7 Å². The molecule has 0 radical (unpaired) electrons. The second-order valence-electron chi connectivity index (χ2n) is 6.45. The van der Waals surface area contributed by atoms with Gasteiger partial charge in [0.25, 0.3) is 0 Å². The molecule has 0 aliphatic carbocycles. The van der Waals surface area contributed by atoms with Crippen LogP contribution in [0.3, 0.4) is 0 Å². The summed E-state index contributed by atoms with van der Waals surface area (Å²) in [5.74, 6) is -0.497. The van der Waals surface area contributed by atoms with Crippen LogP contribution in [0.4, 0.5) is 0 Å². The molecule has 1 aliphatic rings. The van der Waals surface area contributed by atoms with Crippen molar-refractivity contribution in [2.75, 3.05) is 20.2 Å². The van der Waals surface area contributed by atoms with Gasteiger partial charge in [-0.05, 0) is 0 Å². The SMILES string of the molecule is COC(=O)C[C@H]1C(=O)NCCN1Cc1csc(C(C)(C)C)n1. The summed E-state index contributed by atoms with van der Waals surface area (Å²) in [5.41, 5.74) is 0.965. The first-order valence-corrected chi connectivity index (χ1v) is 8.22. The Labute approximate surface area is 134 Å². The summed E-state index contributed by atoms with van der Waals surface area (Å²) in [4.78, 5) is 30.2. The molecular weight excluding hydrogens is 302 g/mol. The van der Waals surface area contributed by atoms with E-state index in [1.54, 1.807) is 11.3 Å². The number of carbonyl (C=O) groups is 2. The van der Waals surface area contributed by atoms with Gasteiger partial charge < -0.3 is 10.1 Å². The van der Waals surface area contributed by atoms with E-state index in [0.29, 0.717) is 19.6 Å². The minimum atomic E-state index is -0.485. The molecule has 7 heteroatoms. The van der Waals surface area contributed by atoms with E-state index in [2.05, 4.69) is 35.8 Å². The lowest BCUT2D eigenvalue weighted by molar-refractivity contribution is -0.146. The number of nitrogens with one attached hydrogen (secondary N) is 1. The number of ether oxygens (including phenoxy) is 1. The number of carbonyl (C=O) groups excluding carboxylic acids is 2. The Morgan fingerprint density at radius 1 is 1.55 bits per heavy atom. The summed E-state index contributed by atoms with van der Waals surface area (Å²) < 4.78 is 4.69. The molecule has 0 bridgehead atoms. The largest absolute Gasteiger partial charge is 0.469 e. The van der Waals surface area contributed by atoms with Crippen molar-refractivity contribution in [1.29, 1.82) is 0 Å². The molecule has 1 fully saturated rings. The van der Waals surface area contributed by atoms with Crippen LogP contribution in [-0.2, 0) is 26.3 Å². The van der Waals surface area contributed by atoms with Crippen LogP contribution in [0.1, 0.15) is 37.9 Å². The monoisotopic (exact) mass is 325 g/mol. The Morgan fingerprint density at radius 2 is 2.27 bits per heavy atom. The van der Waals surface area contributed by atoms with Crippen LogP contribution in [0.25, 0.3) is 0 Å². The molecule has 1 aromatic rings. The number of aromatic nitrogens is 1. The molecule has 1 amide bonds. The quantitative estimate of drug-likeness (QED) is 0.845. The maximum absolute atomic E-state index is 12.0. The van der Waals surface area contributed by atoms with Crippen LogP contribution < -0.4 is 5.32 Å². The van der Waals surface area contributed by atoms with E-state index in [9.17, 15) is 9.59 Å². The van der Waals surface area contributed by atoms with Gasteiger partial charge in [-0.1, -0.05) is 20.8 Å².